The van der Waals surface area contributed by atoms with E-state index in [1.165, 1.54) is 6.07 Å². The van der Waals surface area contributed by atoms with Gasteiger partial charge in [-0.3, -0.25) is 9.97 Å². The molecular formula is C14H16FN3O. The number of hydrogen-bond acceptors (Lipinski definition) is 4. The molecule has 19 heavy (non-hydrogen) atoms. The smallest absolute Gasteiger partial charge is 0.141 e. The van der Waals surface area contributed by atoms with Crippen LogP contribution in [0.15, 0.2) is 36.8 Å². The third kappa shape index (κ3) is 4.30. The van der Waals surface area contributed by atoms with E-state index in [0.29, 0.717) is 11.3 Å². The maximum Gasteiger partial charge on any atom is 0.141 e. The zero-order valence-electron chi connectivity index (χ0n) is 10.7. The molecule has 0 radical (unpaired) electrons. The first-order valence-electron chi connectivity index (χ1n) is 6.06. The molecule has 4 nitrogen and oxygen atoms in total. The van der Waals surface area contributed by atoms with Gasteiger partial charge in [-0.2, -0.15) is 0 Å². The van der Waals surface area contributed by atoms with E-state index in [1.54, 1.807) is 12.4 Å². The van der Waals surface area contributed by atoms with Crippen molar-refractivity contribution in [2.45, 2.75) is 26.0 Å². The van der Waals surface area contributed by atoms with Crippen molar-refractivity contribution in [1.82, 2.24) is 9.97 Å². The summed E-state index contributed by atoms with van der Waals surface area (Å²) in [6.45, 7) is 2.20. The van der Waals surface area contributed by atoms with Crippen LogP contribution in [0.3, 0.4) is 0 Å². The van der Waals surface area contributed by atoms with Gasteiger partial charge in [-0.15, -0.1) is 0 Å². The van der Waals surface area contributed by atoms with Gasteiger partial charge < -0.3 is 10.5 Å². The maximum absolute atomic E-state index is 12.9. The molecule has 0 aliphatic rings. The van der Waals surface area contributed by atoms with Crippen LogP contribution in [0.1, 0.15) is 18.2 Å². The van der Waals surface area contributed by atoms with Crippen molar-refractivity contribution in [3.63, 3.8) is 0 Å². The average Bonchev–Trinajstić information content (AvgIpc) is 2.37. The Labute approximate surface area is 111 Å². The van der Waals surface area contributed by atoms with E-state index in [9.17, 15) is 4.39 Å². The fourth-order valence-corrected chi connectivity index (χ4v) is 1.65. The summed E-state index contributed by atoms with van der Waals surface area (Å²) in [7, 11) is 0. The van der Waals surface area contributed by atoms with Crippen molar-refractivity contribution in [2.75, 3.05) is 0 Å². The van der Waals surface area contributed by atoms with Gasteiger partial charge in [0.25, 0.3) is 0 Å². The normalized spacial score (nSPS) is 12.2. The van der Waals surface area contributed by atoms with Gasteiger partial charge in [0.15, 0.2) is 0 Å². The molecule has 1 unspecified atom stereocenters. The summed E-state index contributed by atoms with van der Waals surface area (Å²) in [4.78, 5) is 8.01. The number of halogens is 1. The largest absolute Gasteiger partial charge is 0.487 e. The number of nitrogens with zero attached hydrogens (tertiary/aromatic N) is 2. The second-order valence-corrected chi connectivity index (χ2v) is 4.47. The molecule has 0 bridgehead atoms. The first-order valence-corrected chi connectivity index (χ1v) is 6.06. The molecule has 0 amide bonds. The highest BCUT2D eigenvalue weighted by molar-refractivity contribution is 5.21. The van der Waals surface area contributed by atoms with Gasteiger partial charge in [0.2, 0.25) is 0 Å². The first kappa shape index (κ1) is 13.4. The van der Waals surface area contributed by atoms with Crippen LogP contribution in [0.2, 0.25) is 0 Å². The topological polar surface area (TPSA) is 61.0 Å². The molecule has 5 heteroatoms. The second kappa shape index (κ2) is 6.24. The molecule has 2 rings (SSSR count). The molecule has 2 heterocycles. The standard InChI is InChI=1S/C14H16FN3O/c1-10(16)4-13-2-3-14(8-18-13)19-9-11-5-12(15)7-17-6-11/h2-3,5-8,10H,4,9,16H2,1H3. The number of pyridine rings is 2. The molecular weight excluding hydrogens is 245 g/mol. The van der Waals surface area contributed by atoms with Crippen molar-refractivity contribution >= 4 is 0 Å². The Bertz CT molecular complexity index is 528. The molecule has 0 aliphatic heterocycles. The lowest BCUT2D eigenvalue weighted by Gasteiger charge is -2.07. The van der Waals surface area contributed by atoms with Crippen LogP contribution in [0, 0.1) is 5.82 Å². The van der Waals surface area contributed by atoms with Crippen LogP contribution < -0.4 is 10.5 Å². The van der Waals surface area contributed by atoms with Crippen LogP contribution in [-0.2, 0) is 13.0 Å². The number of ether oxygens (including phenoxy) is 1. The van der Waals surface area contributed by atoms with E-state index >= 15 is 0 Å². The van der Waals surface area contributed by atoms with Crippen molar-refractivity contribution in [2.24, 2.45) is 5.73 Å². The Kier molecular flexibility index (Phi) is 4.41. The Morgan fingerprint density at radius 1 is 1.32 bits per heavy atom. The van der Waals surface area contributed by atoms with Gasteiger partial charge in [0, 0.05) is 29.9 Å². The fraction of sp³-hybridized carbons (Fsp3) is 0.286. The molecule has 100 valence electrons. The molecule has 0 aromatic carbocycles. The SMILES string of the molecule is CC(N)Cc1ccc(OCc2cncc(F)c2)cn1. The summed E-state index contributed by atoms with van der Waals surface area (Å²) < 4.78 is 18.4. The fourth-order valence-electron chi connectivity index (χ4n) is 1.65. The van der Waals surface area contributed by atoms with Gasteiger partial charge in [-0.1, -0.05) is 0 Å². The summed E-state index contributed by atoms with van der Waals surface area (Å²) in [5.74, 6) is 0.268. The lowest BCUT2D eigenvalue weighted by molar-refractivity contribution is 0.303. The Morgan fingerprint density at radius 3 is 2.79 bits per heavy atom. The van der Waals surface area contributed by atoms with Crippen LogP contribution in [-0.4, -0.2) is 16.0 Å². The highest BCUT2D eigenvalue weighted by Crippen LogP contribution is 2.12. The number of rotatable bonds is 5. The van der Waals surface area contributed by atoms with E-state index in [2.05, 4.69) is 9.97 Å². The van der Waals surface area contributed by atoms with E-state index < -0.39 is 0 Å². The maximum atomic E-state index is 12.9. The minimum atomic E-state index is -0.369. The lowest BCUT2D eigenvalue weighted by Crippen LogP contribution is -2.18. The van der Waals surface area contributed by atoms with Gasteiger partial charge in [0.1, 0.15) is 18.2 Å². The Balaban J connectivity index is 1.93. The molecule has 0 spiro atoms. The first-order chi connectivity index (χ1) is 9.13. The average molecular weight is 261 g/mol. The van der Waals surface area contributed by atoms with Crippen LogP contribution in [0.5, 0.6) is 5.75 Å². The molecule has 2 N–H and O–H groups in total. The van der Waals surface area contributed by atoms with Crippen molar-refractivity contribution < 1.29 is 9.13 Å². The summed E-state index contributed by atoms with van der Waals surface area (Å²) in [5.41, 5.74) is 7.30. The van der Waals surface area contributed by atoms with Gasteiger partial charge >= 0.3 is 0 Å². The van der Waals surface area contributed by atoms with Gasteiger partial charge in [0.05, 0.1) is 12.4 Å². The van der Waals surface area contributed by atoms with Crippen molar-refractivity contribution in [3.8, 4) is 5.75 Å². The minimum Gasteiger partial charge on any atom is -0.487 e. The highest BCUT2D eigenvalue weighted by Gasteiger charge is 2.01. The summed E-state index contributed by atoms with van der Waals surface area (Å²) in [5, 5.41) is 0. The van der Waals surface area contributed by atoms with Gasteiger partial charge in [-0.05, 0) is 25.1 Å². The summed E-state index contributed by atoms with van der Waals surface area (Å²) in [6, 6.07) is 5.18. The monoisotopic (exact) mass is 261 g/mol. The highest BCUT2D eigenvalue weighted by atomic mass is 19.1. The predicted molar refractivity (Wildman–Crippen MR) is 70.1 cm³/mol. The molecule has 2 aromatic rings. The van der Waals surface area contributed by atoms with Crippen LogP contribution in [0.4, 0.5) is 4.39 Å². The van der Waals surface area contributed by atoms with E-state index in [-0.39, 0.29) is 18.5 Å². The number of aromatic nitrogens is 2. The number of hydrogen-bond donors (Lipinski definition) is 1. The second-order valence-electron chi connectivity index (χ2n) is 4.47. The Hall–Kier alpha value is -2.01. The van der Waals surface area contributed by atoms with E-state index in [1.807, 2.05) is 19.1 Å². The van der Waals surface area contributed by atoms with Crippen molar-refractivity contribution in [3.05, 3.63) is 53.9 Å². The summed E-state index contributed by atoms with van der Waals surface area (Å²) >= 11 is 0. The molecule has 1 atom stereocenters. The molecule has 0 aliphatic carbocycles. The van der Waals surface area contributed by atoms with Crippen LogP contribution in [0.25, 0.3) is 0 Å². The zero-order valence-corrected chi connectivity index (χ0v) is 10.7. The summed E-state index contributed by atoms with van der Waals surface area (Å²) in [6.07, 6.45) is 5.10. The Morgan fingerprint density at radius 2 is 2.16 bits per heavy atom. The molecule has 0 saturated carbocycles. The van der Waals surface area contributed by atoms with Crippen molar-refractivity contribution in [1.29, 1.82) is 0 Å². The lowest BCUT2D eigenvalue weighted by atomic mass is 10.2. The van der Waals surface area contributed by atoms with E-state index in [0.717, 1.165) is 18.3 Å². The third-order valence-corrected chi connectivity index (χ3v) is 2.50. The third-order valence-electron chi connectivity index (χ3n) is 2.50. The molecule has 2 aromatic heterocycles. The quantitative estimate of drug-likeness (QED) is 0.895. The zero-order chi connectivity index (χ0) is 13.7. The van der Waals surface area contributed by atoms with Gasteiger partial charge in [-0.25, -0.2) is 4.39 Å². The minimum absolute atomic E-state index is 0.0811. The number of nitrogens with two attached hydrogens (primary N) is 1. The predicted octanol–water partition coefficient (Wildman–Crippen LogP) is 2.08. The van der Waals surface area contributed by atoms with E-state index in [4.69, 9.17) is 10.5 Å². The van der Waals surface area contributed by atoms with Crippen LogP contribution >= 0.6 is 0 Å². The molecule has 0 fully saturated rings. The molecule has 0 saturated heterocycles.